The van der Waals surface area contributed by atoms with E-state index >= 15 is 0 Å². The summed E-state index contributed by atoms with van der Waals surface area (Å²) in [6, 6.07) is 32.3. The van der Waals surface area contributed by atoms with E-state index in [1.165, 1.54) is 52.3 Å². The van der Waals surface area contributed by atoms with Gasteiger partial charge < -0.3 is 10.4 Å². The second-order valence-corrected chi connectivity index (χ2v) is 10.7. The Morgan fingerprint density at radius 2 is 1.49 bits per heavy atom. The molecule has 4 nitrogen and oxygen atoms in total. The molecule has 37 heavy (non-hydrogen) atoms. The number of aliphatic carboxylic acids is 1. The fourth-order valence-corrected chi connectivity index (χ4v) is 6.84. The molecule has 186 valence electrons. The van der Waals surface area contributed by atoms with E-state index in [1.54, 1.807) is 0 Å². The van der Waals surface area contributed by atoms with Crippen LogP contribution in [0.5, 0.6) is 0 Å². The third-order valence-corrected chi connectivity index (χ3v) is 8.62. The molecule has 4 aromatic carbocycles. The largest absolute Gasteiger partial charge is 0.481 e. The topological polar surface area (TPSA) is 66.4 Å². The molecule has 3 unspecified atom stereocenters. The van der Waals surface area contributed by atoms with Gasteiger partial charge in [-0.2, -0.15) is 0 Å². The monoisotopic (exact) mass is 489 g/mol. The van der Waals surface area contributed by atoms with Gasteiger partial charge in [-0.15, -0.1) is 0 Å². The lowest BCUT2D eigenvalue weighted by Gasteiger charge is -2.39. The molecule has 2 saturated carbocycles. The first kappa shape index (κ1) is 23.5. The van der Waals surface area contributed by atoms with Crippen molar-refractivity contribution in [2.45, 2.75) is 37.5 Å². The minimum absolute atomic E-state index is 0.0247. The van der Waals surface area contributed by atoms with Crippen LogP contribution in [0.25, 0.3) is 21.9 Å². The van der Waals surface area contributed by atoms with Gasteiger partial charge in [-0.1, -0.05) is 79.2 Å². The number of hydrogen-bond donors (Lipinski definition) is 2. The summed E-state index contributed by atoms with van der Waals surface area (Å²) in [7, 11) is 0. The first-order valence-corrected chi connectivity index (χ1v) is 13.2. The second kappa shape index (κ2) is 9.51. The van der Waals surface area contributed by atoms with Gasteiger partial charge in [-0.3, -0.25) is 9.59 Å². The van der Waals surface area contributed by atoms with Crippen LogP contribution in [0.4, 0.5) is 0 Å². The van der Waals surface area contributed by atoms with Crippen LogP contribution in [0.2, 0.25) is 0 Å². The average Bonchev–Trinajstić information content (AvgIpc) is 3.55. The molecular weight excluding hydrogens is 458 g/mol. The van der Waals surface area contributed by atoms with E-state index in [0.29, 0.717) is 11.5 Å². The SMILES string of the molecule is O=C(O)CCNC(=O)c1ccc(C2(c3ccc(-c4ccc5ccccc5c4)cc3)CC3CCC2C3)cc1. The number of fused-ring (bicyclic) bond motifs is 3. The highest BCUT2D eigenvalue weighted by Gasteiger charge is 2.52. The van der Waals surface area contributed by atoms with Gasteiger partial charge in [0.2, 0.25) is 0 Å². The highest BCUT2D eigenvalue weighted by Crippen LogP contribution is 2.60. The molecule has 0 radical (unpaired) electrons. The second-order valence-electron chi connectivity index (χ2n) is 10.7. The summed E-state index contributed by atoms with van der Waals surface area (Å²) in [6.45, 7) is 0.132. The maximum Gasteiger partial charge on any atom is 0.305 e. The fraction of sp³-hybridized carbons (Fsp3) is 0.273. The molecule has 2 fully saturated rings. The van der Waals surface area contributed by atoms with Crippen LogP contribution < -0.4 is 5.32 Å². The van der Waals surface area contributed by atoms with Gasteiger partial charge in [0.25, 0.3) is 5.91 Å². The van der Waals surface area contributed by atoms with Gasteiger partial charge in [-0.05, 0) is 82.3 Å². The van der Waals surface area contributed by atoms with Crippen LogP contribution in [-0.2, 0) is 10.2 Å². The van der Waals surface area contributed by atoms with E-state index in [4.69, 9.17) is 5.11 Å². The van der Waals surface area contributed by atoms with Crippen molar-refractivity contribution >= 4 is 22.6 Å². The average molecular weight is 490 g/mol. The maximum atomic E-state index is 12.5. The Morgan fingerprint density at radius 3 is 2.14 bits per heavy atom. The summed E-state index contributed by atoms with van der Waals surface area (Å²) in [5.41, 5.74) is 5.64. The van der Waals surface area contributed by atoms with Crippen LogP contribution in [-0.4, -0.2) is 23.5 Å². The number of carboxylic acids is 1. The third-order valence-electron chi connectivity index (χ3n) is 8.62. The van der Waals surface area contributed by atoms with Crippen molar-refractivity contribution in [3.63, 3.8) is 0 Å². The molecule has 4 aromatic rings. The number of benzene rings is 4. The molecule has 4 heteroatoms. The summed E-state index contributed by atoms with van der Waals surface area (Å²) in [4.78, 5) is 23.2. The predicted molar refractivity (Wildman–Crippen MR) is 147 cm³/mol. The predicted octanol–water partition coefficient (Wildman–Crippen LogP) is 6.82. The van der Waals surface area contributed by atoms with Crippen molar-refractivity contribution in [3.8, 4) is 11.1 Å². The van der Waals surface area contributed by atoms with Crippen molar-refractivity contribution in [2.24, 2.45) is 11.8 Å². The van der Waals surface area contributed by atoms with Crippen molar-refractivity contribution in [2.75, 3.05) is 6.54 Å². The summed E-state index contributed by atoms with van der Waals surface area (Å²) < 4.78 is 0. The number of carbonyl (C=O) groups excluding carboxylic acids is 1. The van der Waals surface area contributed by atoms with E-state index < -0.39 is 5.97 Å². The number of carboxylic acid groups (broad SMARTS) is 1. The molecule has 6 rings (SSSR count). The molecule has 0 saturated heterocycles. The zero-order valence-electron chi connectivity index (χ0n) is 20.8. The first-order valence-electron chi connectivity index (χ1n) is 13.2. The zero-order valence-corrected chi connectivity index (χ0v) is 20.8. The Kier molecular flexibility index (Phi) is 6.03. The maximum absolute atomic E-state index is 12.5. The number of carbonyl (C=O) groups is 2. The van der Waals surface area contributed by atoms with Crippen molar-refractivity contribution in [3.05, 3.63) is 108 Å². The smallest absolute Gasteiger partial charge is 0.305 e. The van der Waals surface area contributed by atoms with E-state index in [9.17, 15) is 9.59 Å². The fourth-order valence-electron chi connectivity index (χ4n) is 6.84. The number of amides is 1. The summed E-state index contributed by atoms with van der Waals surface area (Å²) in [6.07, 6.45) is 4.90. The van der Waals surface area contributed by atoms with Gasteiger partial charge in [0.1, 0.15) is 0 Å². The van der Waals surface area contributed by atoms with Gasteiger partial charge in [0.05, 0.1) is 6.42 Å². The molecule has 2 aliphatic carbocycles. The van der Waals surface area contributed by atoms with E-state index in [0.717, 1.165) is 12.3 Å². The lowest BCUT2D eigenvalue weighted by molar-refractivity contribution is -0.136. The minimum atomic E-state index is -0.916. The molecule has 0 spiro atoms. The van der Waals surface area contributed by atoms with E-state index in [2.05, 4.69) is 84.2 Å². The Balaban J connectivity index is 1.29. The van der Waals surface area contributed by atoms with Gasteiger partial charge >= 0.3 is 5.97 Å². The van der Waals surface area contributed by atoms with Crippen LogP contribution in [0.1, 0.15) is 53.6 Å². The van der Waals surface area contributed by atoms with Crippen LogP contribution in [0.3, 0.4) is 0 Å². The summed E-state index contributed by atoms with van der Waals surface area (Å²) in [5, 5.41) is 14.0. The number of hydrogen-bond acceptors (Lipinski definition) is 2. The summed E-state index contributed by atoms with van der Waals surface area (Å²) >= 11 is 0. The zero-order chi connectivity index (χ0) is 25.4. The molecule has 3 atom stereocenters. The standard InChI is InChI=1S/C33H31NO3/c35-31(36)17-18-34-32(37)25-10-15-29(16-11-25)33(21-22-5-12-30(33)19-22)28-13-8-24(9-14-28)27-7-6-23-3-1-2-4-26(23)20-27/h1-4,6-11,13-16,20,22,30H,5,12,17-19,21H2,(H,34,37)(H,35,36). The Bertz CT molecular complexity index is 1460. The van der Waals surface area contributed by atoms with Crippen molar-refractivity contribution in [1.29, 1.82) is 0 Å². The molecule has 0 heterocycles. The summed E-state index contributed by atoms with van der Waals surface area (Å²) in [5.74, 6) is 0.221. The number of rotatable bonds is 7. The van der Waals surface area contributed by atoms with E-state index in [-0.39, 0.29) is 24.3 Å². The Labute approximate surface area is 217 Å². The molecule has 1 amide bonds. The van der Waals surface area contributed by atoms with Gasteiger partial charge in [0, 0.05) is 17.5 Å². The first-order chi connectivity index (χ1) is 18.0. The normalized spacial score (nSPS) is 22.3. The molecule has 0 aliphatic heterocycles. The lowest BCUT2D eigenvalue weighted by Crippen LogP contribution is -2.34. The van der Waals surface area contributed by atoms with Gasteiger partial charge in [0.15, 0.2) is 0 Å². The molecule has 2 bridgehead atoms. The van der Waals surface area contributed by atoms with Crippen LogP contribution in [0, 0.1) is 11.8 Å². The molecule has 2 N–H and O–H groups in total. The van der Waals surface area contributed by atoms with Crippen molar-refractivity contribution in [1.82, 2.24) is 5.32 Å². The third kappa shape index (κ3) is 4.31. The molecular formula is C33H31NO3. The minimum Gasteiger partial charge on any atom is -0.481 e. The quantitative estimate of drug-likeness (QED) is 0.299. The van der Waals surface area contributed by atoms with Crippen LogP contribution in [0.15, 0.2) is 91.0 Å². The van der Waals surface area contributed by atoms with Gasteiger partial charge in [-0.25, -0.2) is 0 Å². The molecule has 0 aromatic heterocycles. The highest BCUT2D eigenvalue weighted by atomic mass is 16.4. The van der Waals surface area contributed by atoms with Crippen LogP contribution >= 0.6 is 0 Å². The van der Waals surface area contributed by atoms with Crippen molar-refractivity contribution < 1.29 is 14.7 Å². The molecule has 2 aliphatic rings. The Morgan fingerprint density at radius 1 is 0.811 bits per heavy atom. The number of nitrogens with one attached hydrogen (secondary N) is 1. The lowest BCUT2D eigenvalue weighted by atomic mass is 9.64. The Hall–Kier alpha value is -3.92. The van der Waals surface area contributed by atoms with E-state index in [1.807, 2.05) is 12.1 Å². The highest BCUT2D eigenvalue weighted by molar-refractivity contribution is 5.94.